The minimum atomic E-state index is 0.253. The van der Waals surface area contributed by atoms with E-state index in [0.717, 1.165) is 25.3 Å². The average Bonchev–Trinajstić information content (AvgIpc) is 2.70. The van der Waals surface area contributed by atoms with Gasteiger partial charge in [0.15, 0.2) is 0 Å². The van der Waals surface area contributed by atoms with E-state index in [2.05, 4.69) is 34.2 Å². The Morgan fingerprint density at radius 3 is 2.83 bits per heavy atom. The van der Waals surface area contributed by atoms with Crippen LogP contribution in [0.3, 0.4) is 0 Å². The second-order valence-corrected chi connectivity index (χ2v) is 4.85. The molecule has 7 nitrogen and oxygen atoms in total. The van der Waals surface area contributed by atoms with E-state index in [1.807, 2.05) is 13.2 Å². The lowest BCUT2D eigenvalue weighted by molar-refractivity contribution is 0.238. The van der Waals surface area contributed by atoms with Gasteiger partial charge in [0.25, 0.3) is 0 Å². The molecule has 0 aliphatic rings. The van der Waals surface area contributed by atoms with Gasteiger partial charge in [-0.3, -0.25) is 9.58 Å². The molecule has 0 bridgehead atoms. The standard InChI is InChI=1S/C11H22N6O/c1-9(2)6-17(5-4-11(12)14-18)8-10-7-16(3)15-13-10/h7,9,18H,4-6,8H2,1-3H3,(H2,12,14). The fraction of sp³-hybridized carbons (Fsp3) is 0.727. The smallest absolute Gasteiger partial charge is 0.140 e. The third-order valence-electron chi connectivity index (χ3n) is 2.47. The number of rotatable bonds is 7. The lowest BCUT2D eigenvalue weighted by Gasteiger charge is -2.22. The first-order valence-electron chi connectivity index (χ1n) is 6.05. The summed E-state index contributed by atoms with van der Waals surface area (Å²) in [5.41, 5.74) is 6.42. The Bertz CT molecular complexity index is 387. The molecule has 0 unspecified atom stereocenters. The summed E-state index contributed by atoms with van der Waals surface area (Å²) in [5, 5.41) is 19.5. The van der Waals surface area contributed by atoms with Gasteiger partial charge in [0.1, 0.15) is 5.84 Å². The first-order valence-corrected chi connectivity index (χ1v) is 6.05. The van der Waals surface area contributed by atoms with Crippen LogP contribution < -0.4 is 5.73 Å². The molecule has 0 aliphatic carbocycles. The molecule has 0 atom stereocenters. The Morgan fingerprint density at radius 1 is 1.61 bits per heavy atom. The zero-order chi connectivity index (χ0) is 13.5. The number of nitrogens with two attached hydrogens (primary N) is 1. The van der Waals surface area contributed by atoms with Gasteiger partial charge in [-0.25, -0.2) is 0 Å². The summed E-state index contributed by atoms with van der Waals surface area (Å²) in [5.74, 6) is 0.803. The summed E-state index contributed by atoms with van der Waals surface area (Å²) in [6.07, 6.45) is 2.44. The van der Waals surface area contributed by atoms with Crippen LogP contribution in [0.1, 0.15) is 26.0 Å². The Morgan fingerprint density at radius 2 is 2.33 bits per heavy atom. The topological polar surface area (TPSA) is 92.6 Å². The maximum atomic E-state index is 8.54. The molecule has 7 heteroatoms. The summed E-state index contributed by atoms with van der Waals surface area (Å²) in [6.45, 7) is 6.73. The van der Waals surface area contributed by atoms with Gasteiger partial charge in [-0.1, -0.05) is 24.2 Å². The molecule has 3 N–H and O–H groups in total. The predicted octanol–water partition coefficient (Wildman–Crippen LogP) is 0.410. The molecule has 0 aliphatic heterocycles. The van der Waals surface area contributed by atoms with Crippen molar-refractivity contribution >= 4 is 5.84 Å². The molecule has 0 amide bonds. The van der Waals surface area contributed by atoms with Crippen LogP contribution in [0, 0.1) is 5.92 Å². The second-order valence-electron chi connectivity index (χ2n) is 4.85. The Hall–Kier alpha value is -1.63. The molecule has 0 fully saturated rings. The van der Waals surface area contributed by atoms with Crippen LogP contribution in [0.2, 0.25) is 0 Å². The fourth-order valence-electron chi connectivity index (χ4n) is 1.77. The number of amidine groups is 1. The number of aromatic nitrogens is 3. The van der Waals surface area contributed by atoms with E-state index in [9.17, 15) is 0 Å². The molecule has 102 valence electrons. The molecule has 18 heavy (non-hydrogen) atoms. The molecule has 0 saturated carbocycles. The minimum absolute atomic E-state index is 0.253. The van der Waals surface area contributed by atoms with Gasteiger partial charge in [-0.2, -0.15) is 0 Å². The molecule has 0 saturated heterocycles. The molecular weight excluding hydrogens is 232 g/mol. The lowest BCUT2D eigenvalue weighted by Crippen LogP contribution is -2.31. The zero-order valence-corrected chi connectivity index (χ0v) is 11.2. The molecule has 1 aromatic heterocycles. The fourth-order valence-corrected chi connectivity index (χ4v) is 1.77. The summed E-state index contributed by atoms with van der Waals surface area (Å²) in [7, 11) is 1.85. The monoisotopic (exact) mass is 254 g/mol. The Balaban J connectivity index is 2.55. The normalized spacial score (nSPS) is 12.6. The number of hydrogen-bond acceptors (Lipinski definition) is 5. The molecule has 1 aromatic rings. The number of oxime groups is 1. The summed E-state index contributed by atoms with van der Waals surface area (Å²) in [4.78, 5) is 2.23. The zero-order valence-electron chi connectivity index (χ0n) is 11.2. The van der Waals surface area contributed by atoms with Gasteiger partial charge in [0.2, 0.25) is 0 Å². The highest BCUT2D eigenvalue weighted by atomic mass is 16.4. The lowest BCUT2D eigenvalue weighted by atomic mass is 10.2. The van der Waals surface area contributed by atoms with Gasteiger partial charge < -0.3 is 10.9 Å². The van der Waals surface area contributed by atoms with Crippen molar-refractivity contribution in [3.8, 4) is 0 Å². The van der Waals surface area contributed by atoms with Crippen LogP contribution >= 0.6 is 0 Å². The quantitative estimate of drug-likeness (QED) is 0.318. The van der Waals surface area contributed by atoms with Crippen LogP contribution in [0.5, 0.6) is 0 Å². The highest BCUT2D eigenvalue weighted by molar-refractivity contribution is 5.79. The van der Waals surface area contributed by atoms with Crippen molar-refractivity contribution in [2.24, 2.45) is 23.9 Å². The maximum Gasteiger partial charge on any atom is 0.140 e. The molecule has 0 radical (unpaired) electrons. The number of nitrogens with zero attached hydrogens (tertiary/aromatic N) is 5. The van der Waals surface area contributed by atoms with E-state index in [-0.39, 0.29) is 5.84 Å². The van der Waals surface area contributed by atoms with Gasteiger partial charge in [0.05, 0.1) is 5.69 Å². The van der Waals surface area contributed by atoms with Crippen LogP contribution in [0.4, 0.5) is 0 Å². The van der Waals surface area contributed by atoms with Crippen molar-refractivity contribution in [3.63, 3.8) is 0 Å². The van der Waals surface area contributed by atoms with Crippen molar-refractivity contribution in [2.45, 2.75) is 26.8 Å². The highest BCUT2D eigenvalue weighted by Gasteiger charge is 2.11. The van der Waals surface area contributed by atoms with Crippen molar-refractivity contribution < 1.29 is 5.21 Å². The summed E-state index contributed by atoms with van der Waals surface area (Å²) in [6, 6.07) is 0. The van der Waals surface area contributed by atoms with Crippen molar-refractivity contribution in [3.05, 3.63) is 11.9 Å². The molecule has 1 rings (SSSR count). The maximum absolute atomic E-state index is 8.54. The van der Waals surface area contributed by atoms with Crippen LogP contribution in [-0.2, 0) is 13.6 Å². The average molecular weight is 254 g/mol. The van der Waals surface area contributed by atoms with E-state index in [1.54, 1.807) is 4.68 Å². The number of aryl methyl sites for hydroxylation is 1. The van der Waals surface area contributed by atoms with Crippen LogP contribution in [0.15, 0.2) is 11.4 Å². The van der Waals surface area contributed by atoms with Crippen molar-refractivity contribution in [1.29, 1.82) is 0 Å². The van der Waals surface area contributed by atoms with Gasteiger partial charge in [-0.05, 0) is 5.92 Å². The van der Waals surface area contributed by atoms with Crippen LogP contribution in [0.25, 0.3) is 0 Å². The third-order valence-corrected chi connectivity index (χ3v) is 2.47. The SMILES string of the molecule is CC(C)CN(CCC(N)=NO)Cc1cn(C)nn1. The molecule has 0 aromatic carbocycles. The third kappa shape index (κ3) is 5.13. The minimum Gasteiger partial charge on any atom is -0.409 e. The Kier molecular flexibility index (Phi) is 5.57. The van der Waals surface area contributed by atoms with E-state index >= 15 is 0 Å². The highest BCUT2D eigenvalue weighted by Crippen LogP contribution is 2.05. The van der Waals surface area contributed by atoms with E-state index in [0.29, 0.717) is 12.3 Å². The van der Waals surface area contributed by atoms with Crippen molar-refractivity contribution in [2.75, 3.05) is 13.1 Å². The second kappa shape index (κ2) is 6.95. The Labute approximate surface area is 107 Å². The summed E-state index contributed by atoms with van der Waals surface area (Å²) >= 11 is 0. The van der Waals surface area contributed by atoms with Gasteiger partial charge in [0, 0.05) is 39.3 Å². The van der Waals surface area contributed by atoms with E-state index < -0.39 is 0 Å². The predicted molar refractivity (Wildman–Crippen MR) is 69.1 cm³/mol. The molecule has 1 heterocycles. The summed E-state index contributed by atoms with van der Waals surface area (Å²) < 4.78 is 1.69. The number of hydrogen-bond donors (Lipinski definition) is 2. The largest absolute Gasteiger partial charge is 0.409 e. The first-order chi connectivity index (χ1) is 8.51. The van der Waals surface area contributed by atoms with E-state index in [1.165, 1.54) is 0 Å². The van der Waals surface area contributed by atoms with Gasteiger partial charge in [-0.15, -0.1) is 5.10 Å². The van der Waals surface area contributed by atoms with Crippen LogP contribution in [-0.4, -0.2) is 44.0 Å². The molecular formula is C11H22N6O. The van der Waals surface area contributed by atoms with E-state index in [4.69, 9.17) is 10.9 Å². The van der Waals surface area contributed by atoms with Crippen molar-refractivity contribution in [1.82, 2.24) is 19.9 Å². The molecule has 0 spiro atoms. The van der Waals surface area contributed by atoms with Gasteiger partial charge >= 0.3 is 0 Å². The first kappa shape index (κ1) is 14.4.